The molecule has 1 amide bonds. The third kappa shape index (κ3) is 3.73. The molecule has 0 aliphatic carbocycles. The van der Waals surface area contributed by atoms with Gasteiger partial charge >= 0.3 is 0 Å². The summed E-state index contributed by atoms with van der Waals surface area (Å²) >= 11 is 5.93. The summed E-state index contributed by atoms with van der Waals surface area (Å²) in [6, 6.07) is 9.64. The van der Waals surface area contributed by atoms with Crippen LogP contribution >= 0.6 is 11.6 Å². The Morgan fingerprint density at radius 3 is 2.57 bits per heavy atom. The van der Waals surface area contributed by atoms with E-state index in [2.05, 4.69) is 10.6 Å². The predicted octanol–water partition coefficient (Wildman–Crippen LogP) is 4.47. The molecule has 5 heteroatoms. The maximum atomic E-state index is 13.8. The van der Waals surface area contributed by atoms with Crippen LogP contribution in [0.25, 0.3) is 0 Å². The number of hydrogen-bond donors (Lipinski definition) is 2. The number of aryl methyl sites for hydroxylation is 1. The van der Waals surface area contributed by atoms with Crippen LogP contribution in [-0.4, -0.2) is 12.5 Å². The van der Waals surface area contributed by atoms with E-state index in [0.717, 1.165) is 5.56 Å². The van der Waals surface area contributed by atoms with Gasteiger partial charge in [-0.05, 0) is 49.7 Å². The fourth-order valence-corrected chi connectivity index (χ4v) is 2.13. The van der Waals surface area contributed by atoms with Gasteiger partial charge in [0.25, 0.3) is 5.91 Å². The Labute approximate surface area is 128 Å². The van der Waals surface area contributed by atoms with Crippen LogP contribution < -0.4 is 10.6 Å². The lowest BCUT2D eigenvalue weighted by molar-refractivity contribution is 0.102. The highest BCUT2D eigenvalue weighted by molar-refractivity contribution is 6.31. The molecule has 110 valence electrons. The van der Waals surface area contributed by atoms with Gasteiger partial charge in [-0.1, -0.05) is 17.7 Å². The molecule has 0 heterocycles. The second-order valence-electron chi connectivity index (χ2n) is 4.66. The van der Waals surface area contributed by atoms with Crippen molar-refractivity contribution in [2.24, 2.45) is 0 Å². The number of halogens is 2. The minimum absolute atomic E-state index is 0.146. The minimum Gasteiger partial charge on any atom is -0.385 e. The van der Waals surface area contributed by atoms with Crippen molar-refractivity contribution in [2.45, 2.75) is 13.8 Å². The second kappa shape index (κ2) is 6.59. The molecule has 0 saturated heterocycles. The zero-order valence-electron chi connectivity index (χ0n) is 11.8. The molecule has 0 bridgehead atoms. The van der Waals surface area contributed by atoms with Gasteiger partial charge in [0, 0.05) is 17.3 Å². The minimum atomic E-state index is -0.463. The van der Waals surface area contributed by atoms with Gasteiger partial charge in [0.15, 0.2) is 0 Å². The van der Waals surface area contributed by atoms with Gasteiger partial charge in [0.2, 0.25) is 0 Å². The van der Waals surface area contributed by atoms with E-state index in [-0.39, 0.29) is 5.69 Å². The molecule has 0 aromatic heterocycles. The summed E-state index contributed by atoms with van der Waals surface area (Å²) in [6.45, 7) is 4.38. The molecule has 0 atom stereocenters. The maximum absolute atomic E-state index is 13.8. The summed E-state index contributed by atoms with van der Waals surface area (Å²) in [5, 5.41) is 6.10. The first-order valence-electron chi connectivity index (χ1n) is 6.62. The van der Waals surface area contributed by atoms with E-state index in [4.69, 9.17) is 11.6 Å². The van der Waals surface area contributed by atoms with Crippen LogP contribution in [0.2, 0.25) is 5.02 Å². The van der Waals surface area contributed by atoms with E-state index in [1.807, 2.05) is 6.92 Å². The fraction of sp³-hybridized carbons (Fsp3) is 0.188. The van der Waals surface area contributed by atoms with E-state index in [1.54, 1.807) is 37.3 Å². The Morgan fingerprint density at radius 1 is 1.19 bits per heavy atom. The Bertz CT molecular complexity index is 673. The fourth-order valence-electron chi connectivity index (χ4n) is 1.96. The molecule has 0 spiro atoms. The highest BCUT2D eigenvalue weighted by Gasteiger charge is 2.14. The summed E-state index contributed by atoms with van der Waals surface area (Å²) in [5.74, 6) is -0.869. The van der Waals surface area contributed by atoms with Crippen LogP contribution in [0.3, 0.4) is 0 Å². The Balaban J connectivity index is 2.29. The molecule has 0 unspecified atom stereocenters. The molecule has 3 nitrogen and oxygen atoms in total. The van der Waals surface area contributed by atoms with Crippen molar-refractivity contribution >= 4 is 28.9 Å². The number of rotatable bonds is 4. The van der Waals surface area contributed by atoms with Crippen molar-refractivity contribution in [1.82, 2.24) is 0 Å². The first kappa shape index (κ1) is 15.3. The summed E-state index contributed by atoms with van der Waals surface area (Å²) in [5.41, 5.74) is 1.98. The summed E-state index contributed by atoms with van der Waals surface area (Å²) in [7, 11) is 0. The van der Waals surface area contributed by atoms with Gasteiger partial charge in [0.05, 0.1) is 11.3 Å². The third-order valence-electron chi connectivity index (χ3n) is 2.97. The van der Waals surface area contributed by atoms with Gasteiger partial charge in [0.1, 0.15) is 5.82 Å². The molecule has 2 aromatic carbocycles. The van der Waals surface area contributed by atoms with Crippen LogP contribution in [0, 0.1) is 12.7 Å². The summed E-state index contributed by atoms with van der Waals surface area (Å²) in [6.07, 6.45) is 0. The van der Waals surface area contributed by atoms with Crippen LogP contribution in [0.1, 0.15) is 22.8 Å². The number of anilines is 2. The van der Waals surface area contributed by atoms with Crippen LogP contribution in [0.15, 0.2) is 36.4 Å². The zero-order chi connectivity index (χ0) is 15.4. The van der Waals surface area contributed by atoms with E-state index in [1.165, 1.54) is 6.07 Å². The van der Waals surface area contributed by atoms with Crippen LogP contribution in [-0.2, 0) is 0 Å². The number of amides is 1. The summed E-state index contributed by atoms with van der Waals surface area (Å²) in [4.78, 5) is 12.3. The number of hydrogen-bond acceptors (Lipinski definition) is 2. The van der Waals surface area contributed by atoms with E-state index < -0.39 is 11.7 Å². The average molecular weight is 307 g/mol. The van der Waals surface area contributed by atoms with Crippen LogP contribution in [0.4, 0.5) is 15.8 Å². The number of carbonyl (C=O) groups excluding carboxylic acids is 1. The standard InChI is InChI=1S/C16H16ClFN2O/c1-3-19-14-7-5-11(17)9-12(14)16(21)20-15-6-4-10(2)8-13(15)18/h4-9,19H,3H2,1-2H3,(H,20,21). The quantitative estimate of drug-likeness (QED) is 0.875. The molecule has 2 rings (SSSR count). The van der Waals surface area contributed by atoms with Crippen molar-refractivity contribution < 1.29 is 9.18 Å². The average Bonchev–Trinajstić information content (AvgIpc) is 2.44. The third-order valence-corrected chi connectivity index (χ3v) is 3.20. The molecule has 0 radical (unpaired) electrons. The van der Waals surface area contributed by atoms with Gasteiger partial charge in [-0.15, -0.1) is 0 Å². The zero-order valence-corrected chi connectivity index (χ0v) is 12.6. The van der Waals surface area contributed by atoms with Crippen molar-refractivity contribution in [3.8, 4) is 0 Å². The smallest absolute Gasteiger partial charge is 0.257 e. The molecule has 0 saturated carbocycles. The SMILES string of the molecule is CCNc1ccc(Cl)cc1C(=O)Nc1ccc(C)cc1F. The van der Waals surface area contributed by atoms with Gasteiger partial charge < -0.3 is 10.6 Å². The highest BCUT2D eigenvalue weighted by atomic mass is 35.5. The van der Waals surface area contributed by atoms with Gasteiger partial charge in [-0.25, -0.2) is 4.39 Å². The number of nitrogens with one attached hydrogen (secondary N) is 2. The molecule has 0 aliphatic heterocycles. The van der Waals surface area contributed by atoms with Crippen LogP contribution in [0.5, 0.6) is 0 Å². The lowest BCUT2D eigenvalue weighted by Gasteiger charge is -2.12. The first-order valence-corrected chi connectivity index (χ1v) is 7.00. The topological polar surface area (TPSA) is 41.1 Å². The molecule has 0 fully saturated rings. The lowest BCUT2D eigenvalue weighted by atomic mass is 10.1. The van der Waals surface area contributed by atoms with Crippen molar-refractivity contribution in [3.05, 3.63) is 58.4 Å². The second-order valence-corrected chi connectivity index (χ2v) is 5.09. The van der Waals surface area contributed by atoms with Crippen molar-refractivity contribution in [2.75, 3.05) is 17.2 Å². The molecule has 0 aliphatic rings. The maximum Gasteiger partial charge on any atom is 0.257 e. The number of benzene rings is 2. The molecule has 21 heavy (non-hydrogen) atoms. The van der Waals surface area contributed by atoms with Crippen molar-refractivity contribution in [1.29, 1.82) is 0 Å². The Kier molecular flexibility index (Phi) is 4.81. The Hall–Kier alpha value is -2.07. The Morgan fingerprint density at radius 2 is 1.90 bits per heavy atom. The monoisotopic (exact) mass is 306 g/mol. The van der Waals surface area contributed by atoms with Gasteiger partial charge in [-0.3, -0.25) is 4.79 Å². The number of carbonyl (C=O) groups is 1. The summed E-state index contributed by atoms with van der Waals surface area (Å²) < 4.78 is 13.8. The largest absolute Gasteiger partial charge is 0.385 e. The first-order chi connectivity index (χ1) is 10.0. The van der Waals surface area contributed by atoms with E-state index >= 15 is 0 Å². The van der Waals surface area contributed by atoms with Crippen molar-refractivity contribution in [3.63, 3.8) is 0 Å². The van der Waals surface area contributed by atoms with E-state index in [0.29, 0.717) is 22.8 Å². The molecular weight excluding hydrogens is 291 g/mol. The molecule has 2 aromatic rings. The predicted molar refractivity (Wildman–Crippen MR) is 84.7 cm³/mol. The normalized spacial score (nSPS) is 10.3. The molecular formula is C16H16ClFN2O. The van der Waals surface area contributed by atoms with E-state index in [9.17, 15) is 9.18 Å². The lowest BCUT2D eigenvalue weighted by Crippen LogP contribution is -2.15. The molecule has 2 N–H and O–H groups in total. The van der Waals surface area contributed by atoms with Gasteiger partial charge in [-0.2, -0.15) is 0 Å². The highest BCUT2D eigenvalue weighted by Crippen LogP contribution is 2.23.